The quantitative estimate of drug-likeness (QED) is 0.0793. The Balaban J connectivity index is 0.699. The van der Waals surface area contributed by atoms with Gasteiger partial charge in [0.1, 0.15) is 45.5 Å². The van der Waals surface area contributed by atoms with Crippen LogP contribution in [-0.4, -0.2) is 39.6 Å². The van der Waals surface area contributed by atoms with Crippen LogP contribution in [0.5, 0.6) is 11.5 Å². The summed E-state index contributed by atoms with van der Waals surface area (Å²) in [5.41, 5.74) is 21.9. The van der Waals surface area contributed by atoms with Crippen LogP contribution in [0, 0.1) is 22.5 Å². The van der Waals surface area contributed by atoms with Gasteiger partial charge in [-0.25, -0.2) is 8.78 Å². The molecule has 2 atom stereocenters. The third-order valence-corrected chi connectivity index (χ3v) is 23.8. The maximum Gasteiger partial charge on any atom is 0.137 e. The predicted octanol–water partition coefficient (Wildman–Crippen LogP) is 24.7. The number of fused-ring (bicyclic) bond motifs is 12. The Bertz CT molecular complexity index is 5750. The predicted molar refractivity (Wildman–Crippen MR) is 428 cm³/mol. The van der Waals surface area contributed by atoms with Crippen molar-refractivity contribution in [2.45, 2.75) is 37.5 Å². The van der Waals surface area contributed by atoms with Crippen LogP contribution in [0.15, 0.2) is 324 Å². The number of hydrogen-bond donors (Lipinski definition) is 0. The van der Waals surface area contributed by atoms with E-state index in [1.165, 1.54) is 0 Å². The molecule has 2 aromatic heterocycles. The summed E-state index contributed by atoms with van der Waals surface area (Å²) >= 11 is 0. The number of para-hydroxylation sites is 2. The highest BCUT2D eigenvalue weighted by atomic mass is 19.1. The summed E-state index contributed by atoms with van der Waals surface area (Å²) < 4.78 is 68.2. The molecule has 108 heavy (non-hydrogen) atoms. The fourth-order valence-corrected chi connectivity index (χ4v) is 17.6. The number of halogens is 2. The molecule has 4 aliphatic rings. The molecule has 0 amide bonds. The highest BCUT2D eigenvalue weighted by Gasteiger charge is 2.49. The van der Waals surface area contributed by atoms with Gasteiger partial charge >= 0.3 is 0 Å². The van der Waals surface area contributed by atoms with E-state index in [4.69, 9.17) is 27.8 Å². The van der Waals surface area contributed by atoms with Gasteiger partial charge in [0.05, 0.1) is 61.3 Å². The Hall–Kier alpha value is -12.3. The maximum absolute atomic E-state index is 15.3. The molecule has 2 aliphatic heterocycles. The zero-order chi connectivity index (χ0) is 72.3. The Morgan fingerprint density at radius 3 is 1.01 bits per heavy atom. The summed E-state index contributed by atoms with van der Waals surface area (Å²) in [7, 11) is 0. The first-order chi connectivity index (χ1) is 53.1. The molecule has 10 heteroatoms. The minimum absolute atomic E-state index is 0.0145. The van der Waals surface area contributed by atoms with Crippen LogP contribution in [0.25, 0.3) is 77.3 Å². The molecule has 8 nitrogen and oxygen atoms in total. The van der Waals surface area contributed by atoms with Crippen molar-refractivity contribution >= 4 is 78.0 Å². The lowest BCUT2D eigenvalue weighted by Gasteiger charge is -2.40. The van der Waals surface area contributed by atoms with E-state index in [1.807, 2.05) is 48.5 Å². The first-order valence-corrected chi connectivity index (χ1v) is 37.4. The number of anilines is 6. The molecule has 2 aliphatic carbocycles. The van der Waals surface area contributed by atoms with Crippen molar-refractivity contribution in [2.75, 3.05) is 49.4 Å². The fraction of sp³-hybridized carbons (Fsp3) is 0.143. The summed E-state index contributed by atoms with van der Waals surface area (Å²) in [6.45, 7) is 8.33. The fourth-order valence-electron chi connectivity index (χ4n) is 17.6. The SMILES string of the molecule is CCC1(COc2ccc(C3(c4ccc(F)cc4)c4ccccc4-c4ccc(N(c5ccc(-c6ccc(N(c7ccc8c(c7)C(c7ccc(F)cc7)(c7ccc(OCC9(CC)COC9)cc7)c7ccccc7-8)c7ccc8c(c7)oc7ccccc78)cc6)cc5)c5ccc6c(c5)oc5ccccc56)cc43)cc2)COC1. The van der Waals surface area contributed by atoms with Crippen molar-refractivity contribution in [1.82, 2.24) is 0 Å². The maximum atomic E-state index is 15.3. The van der Waals surface area contributed by atoms with Gasteiger partial charge in [-0.15, -0.1) is 0 Å². The monoisotopic (exact) mass is 1410 g/mol. The van der Waals surface area contributed by atoms with Crippen LogP contribution in [-0.2, 0) is 20.3 Å². The van der Waals surface area contributed by atoms with Crippen LogP contribution in [0.3, 0.4) is 0 Å². The highest BCUT2D eigenvalue weighted by molar-refractivity contribution is 6.08. The van der Waals surface area contributed by atoms with Gasteiger partial charge in [-0.3, -0.25) is 0 Å². The Kier molecular flexibility index (Phi) is 15.5. The van der Waals surface area contributed by atoms with Crippen LogP contribution < -0.4 is 19.3 Å². The van der Waals surface area contributed by atoms with Gasteiger partial charge in [0, 0.05) is 67.8 Å². The molecule has 14 aromatic carbocycles. The zero-order valence-corrected chi connectivity index (χ0v) is 59.8. The van der Waals surface area contributed by atoms with E-state index in [0.29, 0.717) is 39.6 Å². The van der Waals surface area contributed by atoms with E-state index in [9.17, 15) is 0 Å². The summed E-state index contributed by atoms with van der Waals surface area (Å²) in [6, 6.07) is 109. The Morgan fingerprint density at radius 2 is 0.630 bits per heavy atom. The van der Waals surface area contributed by atoms with E-state index in [2.05, 4.69) is 266 Å². The molecule has 0 radical (unpaired) electrons. The molecule has 20 rings (SSSR count). The largest absolute Gasteiger partial charge is 0.493 e. The van der Waals surface area contributed by atoms with Crippen molar-refractivity contribution in [3.8, 4) is 44.9 Å². The van der Waals surface area contributed by atoms with E-state index in [-0.39, 0.29) is 22.5 Å². The summed E-state index contributed by atoms with van der Waals surface area (Å²) in [6.07, 6.45) is 1.95. The van der Waals surface area contributed by atoms with Gasteiger partial charge in [-0.2, -0.15) is 0 Å². The number of furan rings is 2. The van der Waals surface area contributed by atoms with Gasteiger partial charge in [0.2, 0.25) is 0 Å². The second kappa shape index (κ2) is 25.7. The summed E-state index contributed by atoms with van der Waals surface area (Å²) in [5, 5.41) is 4.18. The molecule has 2 unspecified atom stereocenters. The second-order valence-electron chi connectivity index (χ2n) is 29.7. The van der Waals surface area contributed by atoms with E-state index >= 15 is 8.78 Å². The van der Waals surface area contributed by atoms with Crippen molar-refractivity contribution < 1.29 is 36.6 Å². The lowest BCUT2D eigenvalue weighted by molar-refractivity contribution is -0.133. The highest BCUT2D eigenvalue weighted by Crippen LogP contribution is 2.60. The first-order valence-electron chi connectivity index (χ1n) is 37.4. The standard InChI is InChI=1S/C98H74F2N2O6/c1-3-95(57-103-58-95)61-105-77-45-29-67(30-46-77)97(65-25-33-69(99)34-26-65)87-17-9-5-13-79(87)81-49-41-73(53-89(81)97)101(75-43-51-85-83-15-7-11-19-91(83)107-93(85)55-75)71-37-21-63(22-38-71)64-23-39-72(40-24-64)102(76-44-52-86-84-16-8-12-20-92(84)108-94(86)56-76)74-42-50-82-80-14-6-10-18-88(80)98(90(82)54-74,66-27-35-70(100)36-28-66)68-31-47-78(48-32-68)106-62-96(4-2)59-104-60-96/h5-56H,3-4,57-62H2,1-2H3. The molecule has 2 saturated heterocycles. The minimum Gasteiger partial charge on any atom is -0.493 e. The summed E-state index contributed by atoms with van der Waals surface area (Å²) in [4.78, 5) is 4.63. The third-order valence-electron chi connectivity index (χ3n) is 23.8. The number of ether oxygens (including phenoxy) is 4. The minimum atomic E-state index is -0.853. The van der Waals surface area contributed by atoms with Crippen molar-refractivity contribution in [2.24, 2.45) is 10.8 Å². The molecule has 16 aromatic rings. The zero-order valence-electron chi connectivity index (χ0n) is 59.8. The number of nitrogens with zero attached hydrogens (tertiary/aromatic N) is 2. The van der Waals surface area contributed by atoms with Gasteiger partial charge in [0.25, 0.3) is 0 Å². The van der Waals surface area contributed by atoms with Crippen LogP contribution in [0.2, 0.25) is 0 Å². The molecular formula is C98H74F2N2O6. The smallest absolute Gasteiger partial charge is 0.137 e. The molecule has 0 bridgehead atoms. The van der Waals surface area contributed by atoms with E-state index in [0.717, 1.165) is 180 Å². The molecule has 2 fully saturated rings. The second-order valence-corrected chi connectivity index (χ2v) is 29.7. The summed E-state index contributed by atoms with van der Waals surface area (Å²) in [5.74, 6) is 0.983. The topological polar surface area (TPSA) is 69.7 Å². The Morgan fingerprint density at radius 1 is 0.306 bits per heavy atom. The lowest BCUT2D eigenvalue weighted by atomic mass is 9.67. The van der Waals surface area contributed by atoms with Gasteiger partial charge in [-0.1, -0.05) is 184 Å². The van der Waals surface area contributed by atoms with Gasteiger partial charge in [0.15, 0.2) is 0 Å². The Labute approximate surface area is 625 Å². The van der Waals surface area contributed by atoms with Gasteiger partial charge in [-0.05, 0) is 224 Å². The first kappa shape index (κ1) is 65.2. The molecule has 0 N–H and O–H groups in total. The number of hydrogen-bond acceptors (Lipinski definition) is 8. The van der Waals surface area contributed by atoms with Crippen molar-refractivity contribution in [3.05, 3.63) is 372 Å². The molecule has 526 valence electrons. The molecule has 4 heterocycles. The van der Waals surface area contributed by atoms with Crippen LogP contribution >= 0.6 is 0 Å². The molecule has 0 saturated carbocycles. The van der Waals surface area contributed by atoms with Crippen LogP contribution in [0.1, 0.15) is 71.2 Å². The van der Waals surface area contributed by atoms with Crippen molar-refractivity contribution in [3.63, 3.8) is 0 Å². The lowest BCUT2D eigenvalue weighted by Crippen LogP contribution is -2.46. The normalized spacial score (nSPS) is 17.0. The van der Waals surface area contributed by atoms with Gasteiger partial charge < -0.3 is 37.6 Å². The molecular weight excluding hydrogens is 1340 g/mol. The van der Waals surface area contributed by atoms with Crippen LogP contribution in [0.4, 0.5) is 42.9 Å². The third kappa shape index (κ3) is 10.4. The average molecular weight is 1410 g/mol. The van der Waals surface area contributed by atoms with Crippen molar-refractivity contribution in [1.29, 1.82) is 0 Å². The average Bonchev–Trinajstić information content (AvgIpc) is 1.53. The molecule has 0 spiro atoms. The van der Waals surface area contributed by atoms with E-state index < -0.39 is 10.8 Å². The number of benzene rings is 14. The van der Waals surface area contributed by atoms with E-state index in [1.54, 1.807) is 24.3 Å². The number of rotatable bonds is 19.